The monoisotopic (exact) mass is 430 g/mol. The minimum Gasteiger partial charge on any atom is -0.480 e. The van der Waals surface area contributed by atoms with Gasteiger partial charge in [0.15, 0.2) is 0 Å². The van der Waals surface area contributed by atoms with Crippen LogP contribution < -0.4 is 10.2 Å². The van der Waals surface area contributed by atoms with Crippen molar-refractivity contribution in [2.24, 2.45) is 4.99 Å². The normalized spacial score (nSPS) is 11.8. The molecule has 0 bridgehead atoms. The van der Waals surface area contributed by atoms with Crippen LogP contribution in [0.4, 0.5) is 11.4 Å². The Kier molecular flexibility index (Phi) is 7.70. The Morgan fingerprint density at radius 2 is 1.84 bits per heavy atom. The Balaban J connectivity index is 1.75. The van der Waals surface area contributed by atoms with Gasteiger partial charge in [0, 0.05) is 42.9 Å². The van der Waals surface area contributed by atoms with Gasteiger partial charge in [-0.15, -0.1) is 0 Å². The number of aryl methyl sites for hydroxylation is 1. The second kappa shape index (κ2) is 10.9. The summed E-state index contributed by atoms with van der Waals surface area (Å²) in [5.74, 6) is -1.54. The van der Waals surface area contributed by atoms with Gasteiger partial charge in [-0.3, -0.25) is 14.8 Å². The van der Waals surface area contributed by atoms with Crippen LogP contribution in [0.2, 0.25) is 0 Å². The fourth-order valence-corrected chi connectivity index (χ4v) is 3.19. The number of aromatic nitrogens is 1. The van der Waals surface area contributed by atoms with Crippen LogP contribution in [0.25, 0.3) is 0 Å². The summed E-state index contributed by atoms with van der Waals surface area (Å²) in [5.41, 5.74) is 3.69. The number of hydrogen-bond acceptors (Lipinski definition) is 5. The Morgan fingerprint density at radius 3 is 2.50 bits per heavy atom. The van der Waals surface area contributed by atoms with Crippen molar-refractivity contribution < 1.29 is 14.7 Å². The fourth-order valence-electron chi connectivity index (χ4n) is 3.19. The van der Waals surface area contributed by atoms with Gasteiger partial charge < -0.3 is 15.3 Å². The molecule has 1 atom stereocenters. The Labute approximate surface area is 187 Å². The molecule has 3 aromatic rings. The Morgan fingerprint density at radius 1 is 1.12 bits per heavy atom. The Hall–Kier alpha value is -4.00. The predicted molar refractivity (Wildman–Crippen MR) is 126 cm³/mol. The smallest absolute Gasteiger partial charge is 0.328 e. The molecule has 0 spiro atoms. The number of aliphatic carboxylic acids is 1. The van der Waals surface area contributed by atoms with E-state index in [1.807, 2.05) is 61.2 Å². The van der Waals surface area contributed by atoms with Crippen molar-refractivity contribution in [1.29, 1.82) is 0 Å². The molecule has 1 aromatic heterocycles. The number of likely N-dealkylation sites (N-methyl/N-ethyl adjacent to an activating group) is 1. The number of hydrogen-bond donors (Lipinski definition) is 2. The third-order valence-electron chi connectivity index (χ3n) is 5.04. The van der Waals surface area contributed by atoms with Crippen molar-refractivity contribution in [3.8, 4) is 0 Å². The highest BCUT2D eigenvalue weighted by molar-refractivity contribution is 5.97. The van der Waals surface area contributed by atoms with Crippen LogP contribution in [0.3, 0.4) is 0 Å². The van der Waals surface area contributed by atoms with Crippen LogP contribution >= 0.6 is 0 Å². The first-order valence-electron chi connectivity index (χ1n) is 10.4. The van der Waals surface area contributed by atoms with E-state index in [9.17, 15) is 14.7 Å². The van der Waals surface area contributed by atoms with E-state index < -0.39 is 17.9 Å². The molecule has 0 fully saturated rings. The molecule has 1 amide bonds. The van der Waals surface area contributed by atoms with Gasteiger partial charge in [-0.1, -0.05) is 24.3 Å². The number of nitrogens with zero attached hydrogens (tertiary/aromatic N) is 3. The summed E-state index contributed by atoms with van der Waals surface area (Å²) < 4.78 is 0. The van der Waals surface area contributed by atoms with Gasteiger partial charge in [-0.25, -0.2) is 4.79 Å². The molecule has 0 aliphatic heterocycles. The maximum atomic E-state index is 12.9. The summed E-state index contributed by atoms with van der Waals surface area (Å²) in [5, 5.41) is 12.3. The van der Waals surface area contributed by atoms with Crippen molar-refractivity contribution >= 4 is 29.5 Å². The molecule has 0 radical (unpaired) electrons. The molecule has 0 aliphatic carbocycles. The van der Waals surface area contributed by atoms with Crippen molar-refractivity contribution in [3.63, 3.8) is 0 Å². The van der Waals surface area contributed by atoms with Crippen molar-refractivity contribution in [1.82, 2.24) is 10.3 Å². The average molecular weight is 431 g/mol. The van der Waals surface area contributed by atoms with Gasteiger partial charge >= 0.3 is 5.97 Å². The lowest BCUT2D eigenvalue weighted by atomic mass is 10.1. The quantitative estimate of drug-likeness (QED) is 0.503. The van der Waals surface area contributed by atoms with E-state index in [1.54, 1.807) is 36.8 Å². The third kappa shape index (κ3) is 6.01. The molecule has 1 unspecified atom stereocenters. The second-order valence-electron chi connectivity index (χ2n) is 7.28. The minimum atomic E-state index is -1.09. The number of nitrogens with one attached hydrogen (secondary N) is 1. The van der Waals surface area contributed by atoms with Gasteiger partial charge in [0.1, 0.15) is 6.04 Å². The van der Waals surface area contributed by atoms with Crippen LogP contribution in [0.1, 0.15) is 28.4 Å². The molecule has 2 N–H and O–H groups in total. The molecule has 1 heterocycles. The number of anilines is 1. The van der Waals surface area contributed by atoms with Crippen LogP contribution in [0.15, 0.2) is 78.0 Å². The standard InChI is InChI=1S/C25H26N4O3/c1-3-29(21-7-5-4-6-8-21)17-23(25(31)32)28-24(30)20-10-9-18(2)22(15-20)27-16-19-11-13-26-14-12-19/h4-16,23H,3,17H2,1-2H3,(H,28,30)(H,31,32). The summed E-state index contributed by atoms with van der Waals surface area (Å²) >= 11 is 0. The van der Waals surface area contributed by atoms with Gasteiger partial charge in [-0.2, -0.15) is 0 Å². The van der Waals surface area contributed by atoms with E-state index in [2.05, 4.69) is 15.3 Å². The molecule has 0 saturated heterocycles. The molecule has 164 valence electrons. The van der Waals surface area contributed by atoms with E-state index in [0.717, 1.165) is 16.8 Å². The van der Waals surface area contributed by atoms with Gasteiger partial charge in [-0.05, 0) is 61.4 Å². The van der Waals surface area contributed by atoms with Gasteiger partial charge in [0.25, 0.3) is 5.91 Å². The molecule has 2 aromatic carbocycles. The topological polar surface area (TPSA) is 94.9 Å². The second-order valence-corrected chi connectivity index (χ2v) is 7.28. The summed E-state index contributed by atoms with van der Waals surface area (Å²) in [6, 6.07) is 17.3. The summed E-state index contributed by atoms with van der Waals surface area (Å²) in [6.07, 6.45) is 5.06. The number of para-hydroxylation sites is 1. The lowest BCUT2D eigenvalue weighted by Gasteiger charge is -2.27. The van der Waals surface area contributed by atoms with E-state index in [4.69, 9.17) is 0 Å². The highest BCUT2D eigenvalue weighted by Crippen LogP contribution is 2.21. The van der Waals surface area contributed by atoms with Crippen LogP contribution in [0.5, 0.6) is 0 Å². The lowest BCUT2D eigenvalue weighted by Crippen LogP contribution is -2.48. The SMILES string of the molecule is CCN(CC(NC(=O)c1ccc(C)c(N=Cc2ccncc2)c1)C(=O)O)c1ccccc1. The lowest BCUT2D eigenvalue weighted by molar-refractivity contribution is -0.139. The zero-order valence-electron chi connectivity index (χ0n) is 18.1. The maximum Gasteiger partial charge on any atom is 0.328 e. The van der Waals surface area contributed by atoms with E-state index >= 15 is 0 Å². The number of amides is 1. The van der Waals surface area contributed by atoms with E-state index in [1.165, 1.54) is 0 Å². The van der Waals surface area contributed by atoms with Gasteiger partial charge in [0.2, 0.25) is 0 Å². The molecular formula is C25H26N4O3. The molecule has 7 heteroatoms. The van der Waals surface area contributed by atoms with E-state index in [-0.39, 0.29) is 6.54 Å². The van der Waals surface area contributed by atoms with Crippen LogP contribution in [-0.2, 0) is 4.79 Å². The highest BCUT2D eigenvalue weighted by Gasteiger charge is 2.23. The molecule has 0 aliphatic rings. The summed E-state index contributed by atoms with van der Waals surface area (Å²) in [7, 11) is 0. The number of rotatable bonds is 9. The first kappa shape index (κ1) is 22.7. The predicted octanol–water partition coefficient (Wildman–Crippen LogP) is 3.85. The van der Waals surface area contributed by atoms with E-state index in [0.29, 0.717) is 17.8 Å². The summed E-state index contributed by atoms with van der Waals surface area (Å²) in [4.78, 5) is 35.1. The minimum absolute atomic E-state index is 0.153. The fraction of sp³-hybridized carbons (Fsp3) is 0.200. The largest absolute Gasteiger partial charge is 0.480 e. The highest BCUT2D eigenvalue weighted by atomic mass is 16.4. The number of carboxylic acids is 1. The van der Waals surface area contributed by atoms with Crippen LogP contribution in [0, 0.1) is 6.92 Å². The molecule has 3 rings (SSSR count). The first-order chi connectivity index (χ1) is 15.5. The number of pyridine rings is 1. The molecular weight excluding hydrogens is 404 g/mol. The molecule has 32 heavy (non-hydrogen) atoms. The number of aliphatic imine (C=N–C) groups is 1. The number of carbonyl (C=O) groups is 2. The zero-order chi connectivity index (χ0) is 22.9. The number of benzene rings is 2. The molecule has 0 saturated carbocycles. The van der Waals surface area contributed by atoms with Crippen molar-refractivity contribution in [3.05, 3.63) is 89.7 Å². The Bertz CT molecular complexity index is 1080. The summed E-state index contributed by atoms with van der Waals surface area (Å²) in [6.45, 7) is 4.61. The van der Waals surface area contributed by atoms with Crippen molar-refractivity contribution in [2.75, 3.05) is 18.0 Å². The third-order valence-corrected chi connectivity index (χ3v) is 5.04. The van der Waals surface area contributed by atoms with Crippen molar-refractivity contribution in [2.45, 2.75) is 19.9 Å². The molecule has 7 nitrogen and oxygen atoms in total. The number of carboxylic acid groups (broad SMARTS) is 1. The van der Waals surface area contributed by atoms with Crippen LogP contribution in [-0.4, -0.2) is 47.3 Å². The first-order valence-corrected chi connectivity index (χ1v) is 10.4. The number of carbonyl (C=O) groups excluding carboxylic acids is 1. The maximum absolute atomic E-state index is 12.9. The zero-order valence-corrected chi connectivity index (χ0v) is 18.1. The average Bonchev–Trinajstić information content (AvgIpc) is 2.82. The van der Waals surface area contributed by atoms with Gasteiger partial charge in [0.05, 0.1) is 5.69 Å².